The molecule has 0 saturated carbocycles. The van der Waals surface area contributed by atoms with E-state index in [-0.39, 0.29) is 62.1 Å². The Morgan fingerprint density at radius 1 is 1.20 bits per heavy atom. The average molecular weight is 422 g/mol. The minimum atomic E-state index is -0.431. The first-order chi connectivity index (χ1) is 14.3. The van der Waals surface area contributed by atoms with Crippen LogP contribution < -0.4 is 0 Å². The molecule has 0 aliphatic carbocycles. The minimum Gasteiger partial charge on any atom is -0.469 e. The van der Waals surface area contributed by atoms with Crippen LogP contribution in [0.5, 0.6) is 0 Å². The molecule has 1 aliphatic rings. The molecule has 1 heterocycles. The highest BCUT2D eigenvalue weighted by Gasteiger charge is 2.31. The Morgan fingerprint density at radius 2 is 1.93 bits per heavy atom. The number of benzene rings is 1. The van der Waals surface area contributed by atoms with Crippen LogP contribution in [0.1, 0.15) is 38.7 Å². The van der Waals surface area contributed by atoms with Crippen LogP contribution >= 0.6 is 0 Å². The Hall–Kier alpha value is -2.48. The maximum atomic E-state index is 13.9. The Kier molecular flexibility index (Phi) is 9.23. The summed E-state index contributed by atoms with van der Waals surface area (Å²) in [4.78, 5) is 39.8. The third kappa shape index (κ3) is 7.40. The number of carbonyl (C=O) groups excluding carboxylic acids is 3. The van der Waals surface area contributed by atoms with E-state index < -0.39 is 6.10 Å². The number of methoxy groups -OCH3 is 1. The van der Waals surface area contributed by atoms with Crippen LogP contribution in [0.2, 0.25) is 0 Å². The third-order valence-corrected chi connectivity index (χ3v) is 4.90. The van der Waals surface area contributed by atoms with Gasteiger partial charge in [0.1, 0.15) is 5.82 Å². The number of halogens is 1. The molecule has 1 aliphatic heterocycles. The summed E-state index contributed by atoms with van der Waals surface area (Å²) in [7, 11) is 1.30. The minimum absolute atomic E-state index is 0.0245. The summed E-state index contributed by atoms with van der Waals surface area (Å²) in [5, 5.41) is 0. The smallest absolute Gasteiger partial charge is 0.305 e. The predicted molar refractivity (Wildman–Crippen MR) is 109 cm³/mol. The lowest BCUT2D eigenvalue weighted by Gasteiger charge is -2.26. The molecular formula is C22H31FN2O5. The van der Waals surface area contributed by atoms with Gasteiger partial charge in [-0.3, -0.25) is 14.4 Å². The van der Waals surface area contributed by atoms with Gasteiger partial charge in [0.05, 0.1) is 26.4 Å². The number of rotatable bonds is 9. The molecule has 0 N–H and O–H groups in total. The van der Waals surface area contributed by atoms with Gasteiger partial charge in [-0.2, -0.15) is 0 Å². The van der Waals surface area contributed by atoms with Crippen molar-refractivity contribution in [2.24, 2.45) is 5.92 Å². The van der Waals surface area contributed by atoms with Gasteiger partial charge in [-0.05, 0) is 18.4 Å². The molecule has 0 bridgehead atoms. The zero-order valence-electron chi connectivity index (χ0n) is 17.9. The summed E-state index contributed by atoms with van der Waals surface area (Å²) in [6.07, 6.45) is 0.218. The van der Waals surface area contributed by atoms with E-state index in [4.69, 9.17) is 4.74 Å². The molecule has 1 aromatic rings. The van der Waals surface area contributed by atoms with E-state index in [9.17, 15) is 18.8 Å². The van der Waals surface area contributed by atoms with Crippen LogP contribution in [0.3, 0.4) is 0 Å². The second-order valence-electron chi connectivity index (χ2n) is 7.92. The van der Waals surface area contributed by atoms with E-state index in [0.29, 0.717) is 25.1 Å². The number of hydrogen-bond acceptors (Lipinski definition) is 5. The summed E-state index contributed by atoms with van der Waals surface area (Å²) in [6.45, 7) is 5.22. The van der Waals surface area contributed by atoms with E-state index in [0.717, 1.165) is 0 Å². The van der Waals surface area contributed by atoms with E-state index in [2.05, 4.69) is 4.74 Å². The molecular weight excluding hydrogens is 391 g/mol. The van der Waals surface area contributed by atoms with Crippen molar-refractivity contribution in [3.8, 4) is 0 Å². The fourth-order valence-electron chi connectivity index (χ4n) is 3.36. The molecule has 0 aromatic heterocycles. The molecule has 7 nitrogen and oxygen atoms in total. The maximum absolute atomic E-state index is 13.9. The highest BCUT2D eigenvalue weighted by atomic mass is 19.1. The van der Waals surface area contributed by atoms with Gasteiger partial charge in [0.2, 0.25) is 11.8 Å². The van der Waals surface area contributed by atoms with Crippen molar-refractivity contribution < 1.29 is 28.2 Å². The van der Waals surface area contributed by atoms with Gasteiger partial charge in [0.15, 0.2) is 0 Å². The van der Waals surface area contributed by atoms with Gasteiger partial charge >= 0.3 is 5.97 Å². The Bertz CT molecular complexity index is 740. The molecule has 1 fully saturated rings. The summed E-state index contributed by atoms with van der Waals surface area (Å²) < 4.78 is 24.4. The molecule has 1 unspecified atom stereocenters. The number of hydrogen-bond donors (Lipinski definition) is 0. The van der Waals surface area contributed by atoms with Crippen molar-refractivity contribution in [3.05, 3.63) is 35.6 Å². The fourth-order valence-corrected chi connectivity index (χ4v) is 3.36. The number of carbonyl (C=O) groups is 3. The Morgan fingerprint density at radius 3 is 2.60 bits per heavy atom. The van der Waals surface area contributed by atoms with Gasteiger partial charge < -0.3 is 19.3 Å². The van der Waals surface area contributed by atoms with Crippen LogP contribution in [0, 0.1) is 11.7 Å². The molecule has 2 rings (SSSR count). The lowest BCUT2D eigenvalue weighted by molar-refractivity contribution is -0.141. The molecule has 0 spiro atoms. The standard InChI is InChI=1S/C22H31FN2O5/c1-16(2)11-24-12-18(30-15-17-7-4-5-8-19(17)23)13-25(14-21(24)27)20(26)9-6-10-22(28)29-3/h4-5,7-8,16,18H,6,9-15H2,1-3H3. The number of ether oxygens (including phenoxy) is 2. The summed E-state index contributed by atoms with van der Waals surface area (Å²) in [5.41, 5.74) is 0.430. The number of amides is 2. The second-order valence-corrected chi connectivity index (χ2v) is 7.92. The summed E-state index contributed by atoms with van der Waals surface area (Å²) in [5.74, 6) is -0.801. The molecule has 30 heavy (non-hydrogen) atoms. The van der Waals surface area contributed by atoms with Crippen molar-refractivity contribution in [2.45, 2.75) is 45.8 Å². The highest BCUT2D eigenvalue weighted by molar-refractivity contribution is 5.85. The maximum Gasteiger partial charge on any atom is 0.305 e. The van der Waals surface area contributed by atoms with Gasteiger partial charge in [-0.15, -0.1) is 0 Å². The lowest BCUT2D eigenvalue weighted by Crippen LogP contribution is -2.40. The Labute approximate surface area is 177 Å². The first-order valence-corrected chi connectivity index (χ1v) is 10.3. The molecule has 8 heteroatoms. The molecule has 0 radical (unpaired) electrons. The van der Waals surface area contributed by atoms with Crippen molar-refractivity contribution >= 4 is 17.8 Å². The quantitative estimate of drug-likeness (QED) is 0.571. The highest BCUT2D eigenvalue weighted by Crippen LogP contribution is 2.15. The number of nitrogens with zero attached hydrogens (tertiary/aromatic N) is 2. The van der Waals surface area contributed by atoms with Gasteiger partial charge in [-0.25, -0.2) is 4.39 Å². The van der Waals surface area contributed by atoms with Gasteiger partial charge in [-0.1, -0.05) is 32.0 Å². The van der Waals surface area contributed by atoms with Gasteiger partial charge in [0.25, 0.3) is 0 Å². The van der Waals surface area contributed by atoms with Crippen LogP contribution in [0.4, 0.5) is 4.39 Å². The number of esters is 1. The zero-order valence-corrected chi connectivity index (χ0v) is 17.9. The van der Waals surface area contributed by atoms with Crippen LogP contribution in [-0.2, 0) is 30.5 Å². The zero-order chi connectivity index (χ0) is 22.1. The Balaban J connectivity index is 2.05. The third-order valence-electron chi connectivity index (χ3n) is 4.90. The second kappa shape index (κ2) is 11.6. The van der Waals surface area contributed by atoms with Crippen LogP contribution in [-0.4, -0.2) is 67.0 Å². The molecule has 1 saturated heterocycles. The first-order valence-electron chi connectivity index (χ1n) is 10.3. The van der Waals surface area contributed by atoms with Crippen molar-refractivity contribution in [3.63, 3.8) is 0 Å². The van der Waals surface area contributed by atoms with Crippen molar-refractivity contribution in [1.82, 2.24) is 9.80 Å². The molecule has 166 valence electrons. The van der Waals surface area contributed by atoms with E-state index >= 15 is 0 Å². The lowest BCUT2D eigenvalue weighted by atomic mass is 10.2. The summed E-state index contributed by atoms with van der Waals surface area (Å²) in [6, 6.07) is 6.37. The fraction of sp³-hybridized carbons (Fsp3) is 0.591. The van der Waals surface area contributed by atoms with Gasteiger partial charge in [0, 0.05) is 38.0 Å². The first kappa shape index (κ1) is 23.8. The topological polar surface area (TPSA) is 76.2 Å². The molecule has 2 amide bonds. The van der Waals surface area contributed by atoms with Crippen LogP contribution in [0.15, 0.2) is 24.3 Å². The SMILES string of the molecule is COC(=O)CCCC(=O)N1CC(=O)N(CC(C)C)CC(OCc2ccccc2F)C1. The largest absolute Gasteiger partial charge is 0.469 e. The van der Waals surface area contributed by atoms with Crippen molar-refractivity contribution in [1.29, 1.82) is 0 Å². The van der Waals surface area contributed by atoms with E-state index in [1.165, 1.54) is 18.1 Å². The molecule has 1 atom stereocenters. The van der Waals surface area contributed by atoms with E-state index in [1.54, 1.807) is 23.1 Å². The van der Waals surface area contributed by atoms with E-state index in [1.807, 2.05) is 13.8 Å². The summed E-state index contributed by atoms with van der Waals surface area (Å²) >= 11 is 0. The van der Waals surface area contributed by atoms with Crippen molar-refractivity contribution in [2.75, 3.05) is 33.3 Å². The monoisotopic (exact) mass is 422 g/mol. The van der Waals surface area contributed by atoms with Crippen LogP contribution in [0.25, 0.3) is 0 Å². The predicted octanol–water partition coefficient (Wildman–Crippen LogP) is 2.38. The molecule has 1 aromatic carbocycles. The normalized spacial score (nSPS) is 17.2. The average Bonchev–Trinajstić information content (AvgIpc) is 2.85.